The quantitative estimate of drug-likeness (QED) is 0.515. The highest BCUT2D eigenvalue weighted by molar-refractivity contribution is 5.85. The van der Waals surface area contributed by atoms with Crippen molar-refractivity contribution in [1.82, 2.24) is 0 Å². The molecule has 1 atom stereocenters. The van der Waals surface area contributed by atoms with Gasteiger partial charge in [0.2, 0.25) is 0 Å². The van der Waals surface area contributed by atoms with Gasteiger partial charge in [-0.15, -0.1) is 0 Å². The van der Waals surface area contributed by atoms with Gasteiger partial charge in [0.05, 0.1) is 5.92 Å². The number of carboxylic acids is 1. The van der Waals surface area contributed by atoms with Crippen LogP contribution in [0.3, 0.4) is 0 Å². The molecule has 0 heterocycles. The van der Waals surface area contributed by atoms with Gasteiger partial charge in [-0.05, 0) is 25.7 Å². The highest BCUT2D eigenvalue weighted by Crippen LogP contribution is 2.11. The van der Waals surface area contributed by atoms with Crippen molar-refractivity contribution in [3.05, 3.63) is 0 Å². The van der Waals surface area contributed by atoms with E-state index in [-0.39, 0.29) is 5.92 Å². The van der Waals surface area contributed by atoms with E-state index in [1.54, 1.807) is 0 Å². The van der Waals surface area contributed by atoms with Crippen molar-refractivity contribution in [2.75, 3.05) is 0 Å². The third-order valence-corrected chi connectivity index (χ3v) is 2.88. The highest BCUT2D eigenvalue weighted by Gasteiger charge is 2.12. The average molecular weight is 302 g/mol. The predicted molar refractivity (Wildman–Crippen MR) is 81.9 cm³/mol. The molecule has 0 bridgehead atoms. The second-order valence-electron chi connectivity index (χ2n) is 4.93. The van der Waals surface area contributed by atoms with E-state index in [2.05, 4.69) is 11.7 Å². The van der Waals surface area contributed by atoms with Crippen LogP contribution >= 0.6 is 0 Å². The van der Waals surface area contributed by atoms with Crippen LogP contribution in [0.15, 0.2) is 0 Å². The second-order valence-corrected chi connectivity index (χ2v) is 4.93. The van der Waals surface area contributed by atoms with E-state index in [0.717, 1.165) is 38.5 Å². The Labute approximate surface area is 128 Å². The van der Waals surface area contributed by atoms with Gasteiger partial charge in [0.25, 0.3) is 0 Å². The average Bonchev–Trinajstić information content (AvgIpc) is 2.40. The number of hydrogen-bond donors (Lipinski definition) is 1. The molecule has 0 aromatic heterocycles. The standard InChI is InChI=1S/C8H14O3.C8H16O2/c1-3-5-7(9)11-8(10)6-4-2;1-3-5-6-7(4-2)8(9)10/h3-6H2,1-2H3;7H,3-6H2,1-2H3,(H,9,10). The third-order valence-electron chi connectivity index (χ3n) is 2.88. The lowest BCUT2D eigenvalue weighted by Crippen LogP contribution is -2.11. The molecular weight excluding hydrogens is 272 g/mol. The molecule has 124 valence electrons. The van der Waals surface area contributed by atoms with E-state index in [1.165, 1.54) is 0 Å². The normalized spacial score (nSPS) is 11.0. The molecular formula is C16H30O5. The maximum atomic E-state index is 10.7. The number of carbonyl (C=O) groups is 3. The first-order valence-electron chi connectivity index (χ1n) is 7.88. The Hall–Kier alpha value is -1.39. The summed E-state index contributed by atoms with van der Waals surface area (Å²) in [6.07, 6.45) is 5.81. The van der Waals surface area contributed by atoms with Gasteiger partial charge in [-0.1, -0.05) is 40.5 Å². The van der Waals surface area contributed by atoms with Crippen LogP contribution in [0.4, 0.5) is 0 Å². The zero-order valence-electron chi connectivity index (χ0n) is 13.8. The van der Waals surface area contributed by atoms with Crippen LogP contribution in [0.25, 0.3) is 0 Å². The van der Waals surface area contributed by atoms with Crippen molar-refractivity contribution in [2.45, 2.75) is 79.1 Å². The fourth-order valence-electron chi connectivity index (χ4n) is 1.59. The van der Waals surface area contributed by atoms with Gasteiger partial charge in [0.15, 0.2) is 0 Å². The lowest BCUT2D eigenvalue weighted by molar-refractivity contribution is -0.159. The van der Waals surface area contributed by atoms with E-state index in [1.807, 2.05) is 20.8 Å². The molecule has 0 aliphatic carbocycles. The molecule has 0 saturated heterocycles. The van der Waals surface area contributed by atoms with Crippen molar-refractivity contribution in [2.24, 2.45) is 5.92 Å². The van der Waals surface area contributed by atoms with E-state index >= 15 is 0 Å². The van der Waals surface area contributed by atoms with Gasteiger partial charge in [-0.3, -0.25) is 14.4 Å². The molecule has 1 unspecified atom stereocenters. The number of ether oxygens (including phenoxy) is 1. The molecule has 0 aliphatic heterocycles. The van der Waals surface area contributed by atoms with Crippen LogP contribution in [0.2, 0.25) is 0 Å². The molecule has 0 spiro atoms. The summed E-state index contributed by atoms with van der Waals surface area (Å²) in [6.45, 7) is 7.74. The Kier molecular flexibility index (Phi) is 15.7. The van der Waals surface area contributed by atoms with Crippen molar-refractivity contribution >= 4 is 17.9 Å². The van der Waals surface area contributed by atoms with Gasteiger partial charge in [0.1, 0.15) is 0 Å². The molecule has 0 aromatic rings. The second kappa shape index (κ2) is 15.0. The van der Waals surface area contributed by atoms with Gasteiger partial charge in [-0.25, -0.2) is 0 Å². The van der Waals surface area contributed by atoms with Gasteiger partial charge >= 0.3 is 17.9 Å². The predicted octanol–water partition coefficient (Wildman–Crippen LogP) is 3.94. The fourth-order valence-corrected chi connectivity index (χ4v) is 1.59. The first-order chi connectivity index (χ1) is 9.92. The minimum Gasteiger partial charge on any atom is -0.481 e. The zero-order valence-corrected chi connectivity index (χ0v) is 13.8. The summed E-state index contributed by atoms with van der Waals surface area (Å²) >= 11 is 0. The molecule has 0 saturated carbocycles. The number of esters is 2. The molecule has 21 heavy (non-hydrogen) atoms. The summed E-state index contributed by atoms with van der Waals surface area (Å²) in [4.78, 5) is 31.8. The number of hydrogen-bond acceptors (Lipinski definition) is 4. The molecule has 0 aromatic carbocycles. The minimum atomic E-state index is -0.643. The molecule has 5 nitrogen and oxygen atoms in total. The van der Waals surface area contributed by atoms with Gasteiger partial charge < -0.3 is 9.84 Å². The van der Waals surface area contributed by atoms with Crippen molar-refractivity contribution in [3.8, 4) is 0 Å². The van der Waals surface area contributed by atoms with Crippen LogP contribution in [0, 0.1) is 5.92 Å². The number of aliphatic carboxylic acids is 1. The Morgan fingerprint density at radius 1 is 0.905 bits per heavy atom. The van der Waals surface area contributed by atoms with Crippen LogP contribution in [0.1, 0.15) is 79.1 Å². The lowest BCUT2D eigenvalue weighted by Gasteiger charge is -2.06. The Bertz CT molecular complexity index is 283. The lowest BCUT2D eigenvalue weighted by atomic mass is 10.00. The summed E-state index contributed by atoms with van der Waals surface area (Å²) in [5.41, 5.74) is 0. The maximum Gasteiger partial charge on any atom is 0.313 e. The van der Waals surface area contributed by atoms with Crippen LogP contribution in [-0.4, -0.2) is 23.0 Å². The number of rotatable bonds is 9. The van der Waals surface area contributed by atoms with E-state index in [9.17, 15) is 14.4 Å². The maximum absolute atomic E-state index is 10.7. The number of unbranched alkanes of at least 4 members (excludes halogenated alkanes) is 1. The smallest absolute Gasteiger partial charge is 0.313 e. The van der Waals surface area contributed by atoms with E-state index < -0.39 is 17.9 Å². The fraction of sp³-hybridized carbons (Fsp3) is 0.812. The summed E-state index contributed by atoms with van der Waals surface area (Å²) in [5.74, 6) is -1.58. The van der Waals surface area contributed by atoms with Crippen molar-refractivity contribution < 1.29 is 24.2 Å². The zero-order chi connectivity index (χ0) is 16.7. The minimum absolute atomic E-state index is 0.111. The molecule has 1 N–H and O–H groups in total. The monoisotopic (exact) mass is 302 g/mol. The molecule has 5 heteroatoms. The van der Waals surface area contributed by atoms with Gasteiger partial charge in [0, 0.05) is 12.8 Å². The first-order valence-corrected chi connectivity index (χ1v) is 7.88. The third kappa shape index (κ3) is 14.8. The Balaban J connectivity index is 0. The first kappa shape index (κ1) is 21.9. The Morgan fingerprint density at radius 3 is 1.67 bits per heavy atom. The highest BCUT2D eigenvalue weighted by atomic mass is 16.6. The largest absolute Gasteiger partial charge is 0.481 e. The Morgan fingerprint density at radius 2 is 1.38 bits per heavy atom. The summed E-state index contributed by atoms with van der Waals surface area (Å²) in [7, 11) is 0. The summed E-state index contributed by atoms with van der Waals surface area (Å²) in [5, 5.41) is 8.60. The summed E-state index contributed by atoms with van der Waals surface area (Å²) < 4.78 is 4.45. The van der Waals surface area contributed by atoms with E-state index in [4.69, 9.17) is 5.11 Å². The SMILES string of the molecule is CCCC(=O)OC(=O)CCC.CCCCC(CC)C(=O)O. The topological polar surface area (TPSA) is 80.7 Å². The summed E-state index contributed by atoms with van der Waals surface area (Å²) in [6, 6.07) is 0. The number of carbonyl (C=O) groups excluding carboxylic acids is 2. The molecule has 0 amide bonds. The van der Waals surface area contributed by atoms with E-state index in [0.29, 0.717) is 12.8 Å². The van der Waals surface area contributed by atoms with Crippen molar-refractivity contribution in [3.63, 3.8) is 0 Å². The van der Waals surface area contributed by atoms with Crippen LogP contribution in [-0.2, 0) is 19.1 Å². The molecule has 0 fully saturated rings. The van der Waals surface area contributed by atoms with Crippen LogP contribution in [0.5, 0.6) is 0 Å². The molecule has 0 radical (unpaired) electrons. The van der Waals surface area contributed by atoms with Gasteiger partial charge in [-0.2, -0.15) is 0 Å². The number of carboxylic acid groups (broad SMARTS) is 1. The molecule has 0 aliphatic rings. The van der Waals surface area contributed by atoms with Crippen LogP contribution < -0.4 is 0 Å². The molecule has 0 rings (SSSR count). The van der Waals surface area contributed by atoms with Crippen molar-refractivity contribution in [1.29, 1.82) is 0 Å².